The molecule has 1 N–H and O–H groups in total. The lowest BCUT2D eigenvalue weighted by atomic mass is 10.2. The average molecular weight is 475 g/mol. The SMILES string of the molecule is C/C(=C\C(F)=C/NC=O)Cn1cnc(C(F)(F)F)c(Oc2cc(Cl)cc(C#N)c2F)c1=O. The van der Waals surface area contributed by atoms with Crippen molar-refractivity contribution in [2.24, 2.45) is 0 Å². The molecule has 1 heterocycles. The van der Waals surface area contributed by atoms with Gasteiger partial charge in [0.05, 0.1) is 11.9 Å². The van der Waals surface area contributed by atoms with Gasteiger partial charge >= 0.3 is 6.18 Å². The van der Waals surface area contributed by atoms with Crippen LogP contribution in [-0.4, -0.2) is 16.0 Å². The molecule has 0 saturated carbocycles. The number of benzene rings is 1. The number of nitrogens with zero attached hydrogens (tertiary/aromatic N) is 3. The highest BCUT2D eigenvalue weighted by Crippen LogP contribution is 2.36. The van der Waals surface area contributed by atoms with Crippen LogP contribution in [0.4, 0.5) is 22.0 Å². The third-order valence-electron chi connectivity index (χ3n) is 3.69. The average Bonchev–Trinajstić information content (AvgIpc) is 2.70. The summed E-state index contributed by atoms with van der Waals surface area (Å²) in [5.41, 5.74) is -3.55. The minimum atomic E-state index is -5.14. The highest BCUT2D eigenvalue weighted by atomic mass is 35.5. The normalized spacial score (nSPS) is 12.3. The second kappa shape index (κ2) is 10.1. The fourth-order valence-corrected chi connectivity index (χ4v) is 2.62. The maximum atomic E-state index is 14.4. The van der Waals surface area contributed by atoms with Crippen molar-refractivity contribution in [3.05, 3.63) is 74.6 Å². The van der Waals surface area contributed by atoms with Gasteiger partial charge < -0.3 is 10.1 Å². The van der Waals surface area contributed by atoms with E-state index in [9.17, 15) is 31.5 Å². The second-order valence-corrected chi connectivity index (χ2v) is 6.57. The van der Waals surface area contributed by atoms with Crippen LogP contribution in [0.5, 0.6) is 11.5 Å². The van der Waals surface area contributed by atoms with E-state index in [1.165, 1.54) is 13.0 Å². The maximum Gasteiger partial charge on any atom is 0.437 e. The summed E-state index contributed by atoms with van der Waals surface area (Å²) in [6.07, 6.45) is -2.73. The molecule has 0 saturated heterocycles. The molecule has 0 atom stereocenters. The second-order valence-electron chi connectivity index (χ2n) is 6.14. The van der Waals surface area contributed by atoms with Crippen LogP contribution in [0, 0.1) is 17.1 Å². The van der Waals surface area contributed by atoms with Crippen molar-refractivity contribution in [2.45, 2.75) is 19.6 Å². The Morgan fingerprint density at radius 2 is 2.09 bits per heavy atom. The molecule has 168 valence electrons. The highest BCUT2D eigenvalue weighted by Gasteiger charge is 2.39. The summed E-state index contributed by atoms with van der Waals surface area (Å²) < 4.78 is 73.6. The molecule has 0 bridgehead atoms. The first kappa shape index (κ1) is 24.5. The van der Waals surface area contributed by atoms with Gasteiger partial charge in [0.2, 0.25) is 12.2 Å². The Morgan fingerprint density at radius 3 is 2.69 bits per heavy atom. The number of ether oxygens (including phenoxy) is 1. The van der Waals surface area contributed by atoms with Gasteiger partial charge in [-0.25, -0.2) is 13.8 Å². The molecule has 2 rings (SSSR count). The summed E-state index contributed by atoms with van der Waals surface area (Å²) in [5, 5.41) is 10.6. The van der Waals surface area contributed by atoms with E-state index in [1.807, 2.05) is 5.32 Å². The van der Waals surface area contributed by atoms with E-state index in [4.69, 9.17) is 21.6 Å². The van der Waals surface area contributed by atoms with Crippen molar-refractivity contribution in [3.63, 3.8) is 0 Å². The van der Waals surface area contributed by atoms with Crippen LogP contribution >= 0.6 is 11.6 Å². The van der Waals surface area contributed by atoms with E-state index in [-0.39, 0.29) is 17.0 Å². The van der Waals surface area contributed by atoms with Crippen molar-refractivity contribution in [2.75, 3.05) is 0 Å². The fourth-order valence-electron chi connectivity index (χ4n) is 2.41. The number of halogens is 6. The van der Waals surface area contributed by atoms with Gasteiger partial charge in [0, 0.05) is 23.8 Å². The molecular weight excluding hydrogens is 463 g/mol. The van der Waals surface area contributed by atoms with E-state index in [1.54, 1.807) is 0 Å². The monoisotopic (exact) mass is 474 g/mol. The van der Waals surface area contributed by atoms with E-state index in [2.05, 4.69) is 4.98 Å². The Morgan fingerprint density at radius 1 is 1.41 bits per heavy atom. The zero-order valence-electron chi connectivity index (χ0n) is 16.0. The predicted octanol–water partition coefficient (Wildman–Crippen LogP) is 4.22. The Balaban J connectivity index is 2.56. The number of nitrogens with one attached hydrogen (secondary N) is 1. The molecule has 7 nitrogen and oxygen atoms in total. The molecule has 1 aromatic carbocycles. The summed E-state index contributed by atoms with van der Waals surface area (Å²) in [7, 11) is 0. The zero-order valence-corrected chi connectivity index (χ0v) is 16.8. The lowest BCUT2D eigenvalue weighted by Crippen LogP contribution is -2.26. The Hall–Kier alpha value is -3.72. The number of aromatic nitrogens is 2. The number of amides is 1. The predicted molar refractivity (Wildman–Crippen MR) is 102 cm³/mol. The van der Waals surface area contributed by atoms with Crippen LogP contribution < -0.4 is 15.6 Å². The van der Waals surface area contributed by atoms with E-state index >= 15 is 0 Å². The first-order valence-corrected chi connectivity index (χ1v) is 8.82. The summed E-state index contributed by atoms with van der Waals surface area (Å²) in [6.45, 7) is 0.943. The molecule has 2 aromatic rings. The molecule has 0 radical (unpaired) electrons. The zero-order chi connectivity index (χ0) is 24.1. The van der Waals surface area contributed by atoms with Crippen LogP contribution in [0.15, 0.2) is 46.9 Å². The first-order valence-electron chi connectivity index (χ1n) is 8.44. The first-order chi connectivity index (χ1) is 15.0. The lowest BCUT2D eigenvalue weighted by Gasteiger charge is -2.15. The summed E-state index contributed by atoms with van der Waals surface area (Å²) >= 11 is 5.73. The summed E-state index contributed by atoms with van der Waals surface area (Å²) in [4.78, 5) is 26.0. The minimum Gasteiger partial charge on any atom is -0.446 e. The quantitative estimate of drug-likeness (QED) is 0.368. The minimum absolute atomic E-state index is 0.154. The highest BCUT2D eigenvalue weighted by molar-refractivity contribution is 6.30. The Labute approximate surface area is 182 Å². The van der Waals surface area contributed by atoms with E-state index in [0.29, 0.717) is 17.1 Å². The number of hydrogen-bond donors (Lipinski definition) is 1. The smallest absolute Gasteiger partial charge is 0.437 e. The Kier molecular flexibility index (Phi) is 7.72. The topological polar surface area (TPSA) is 97.0 Å². The van der Waals surface area contributed by atoms with E-state index < -0.39 is 52.7 Å². The lowest BCUT2D eigenvalue weighted by molar-refractivity contribution is -0.142. The van der Waals surface area contributed by atoms with Crippen molar-refractivity contribution in [1.82, 2.24) is 14.9 Å². The molecule has 1 amide bonds. The number of carbonyl (C=O) groups excluding carboxylic acids is 1. The van der Waals surface area contributed by atoms with Gasteiger partial charge in [-0.1, -0.05) is 17.2 Å². The molecule has 0 aliphatic carbocycles. The van der Waals surface area contributed by atoms with Crippen molar-refractivity contribution in [3.8, 4) is 17.6 Å². The van der Waals surface area contributed by atoms with Gasteiger partial charge in [0.25, 0.3) is 5.56 Å². The van der Waals surface area contributed by atoms with E-state index in [0.717, 1.165) is 18.2 Å². The number of nitriles is 1. The van der Waals surface area contributed by atoms with Crippen LogP contribution in [-0.2, 0) is 17.5 Å². The number of hydrogen-bond acceptors (Lipinski definition) is 5. The number of allylic oxidation sites excluding steroid dienone is 3. The number of rotatable bonds is 7. The van der Waals surface area contributed by atoms with Gasteiger partial charge in [-0.3, -0.25) is 14.2 Å². The number of carbonyl (C=O) groups is 1. The molecule has 0 aliphatic rings. The number of alkyl halides is 3. The molecule has 13 heteroatoms. The van der Waals surface area contributed by atoms with Crippen molar-refractivity contribution >= 4 is 18.0 Å². The molecule has 1 aromatic heterocycles. The molecule has 0 fully saturated rings. The van der Waals surface area contributed by atoms with Gasteiger partial charge in [-0.15, -0.1) is 0 Å². The third kappa shape index (κ3) is 5.92. The molecular formula is C19H12ClF5N4O3. The van der Waals surface area contributed by atoms with Gasteiger partial charge in [0.15, 0.2) is 17.3 Å². The van der Waals surface area contributed by atoms with Crippen molar-refractivity contribution < 1.29 is 31.5 Å². The molecule has 0 unspecified atom stereocenters. The molecule has 0 aliphatic heterocycles. The molecule has 0 spiro atoms. The third-order valence-corrected chi connectivity index (χ3v) is 3.91. The van der Waals surface area contributed by atoms with Crippen molar-refractivity contribution in [1.29, 1.82) is 5.26 Å². The van der Waals surface area contributed by atoms with Gasteiger partial charge in [0.1, 0.15) is 11.9 Å². The Bertz CT molecular complexity index is 1200. The van der Waals surface area contributed by atoms with Crippen LogP contribution in [0.3, 0.4) is 0 Å². The molecule has 32 heavy (non-hydrogen) atoms. The van der Waals surface area contributed by atoms with Crippen LogP contribution in [0.25, 0.3) is 0 Å². The van der Waals surface area contributed by atoms with Gasteiger partial charge in [-0.2, -0.15) is 18.4 Å². The maximum absolute atomic E-state index is 14.4. The largest absolute Gasteiger partial charge is 0.446 e. The standard InChI is InChI=1S/C19H12ClF5N4O3/c1-10(2-13(21)6-27-9-30)7-29-8-28-17(19(23,24)25)16(18(29)31)32-14-4-12(20)3-11(5-26)15(14)22/h2-4,6,8-9H,7H2,1H3,(H,27,30)/b10-2+,13-6+. The van der Waals surface area contributed by atoms with Crippen LogP contribution in [0.2, 0.25) is 5.02 Å². The fraction of sp³-hybridized carbons (Fsp3) is 0.158. The summed E-state index contributed by atoms with van der Waals surface area (Å²) in [6, 6.07) is 3.17. The van der Waals surface area contributed by atoms with Gasteiger partial charge in [-0.05, 0) is 19.1 Å². The van der Waals surface area contributed by atoms with Crippen LogP contribution in [0.1, 0.15) is 18.2 Å². The summed E-state index contributed by atoms with van der Waals surface area (Å²) in [5.74, 6) is -4.48.